The molecule has 4 rings (SSSR count). The predicted molar refractivity (Wildman–Crippen MR) is 116 cm³/mol. The number of anilines is 1. The number of benzene rings is 2. The van der Waals surface area contributed by atoms with Crippen molar-refractivity contribution in [2.45, 2.75) is 26.6 Å². The maximum atomic E-state index is 13.8. The molecule has 10 heteroatoms. The second-order valence-corrected chi connectivity index (χ2v) is 7.55. The number of carbonyl (C=O) groups excluding carboxylic acids is 1. The number of hydrogen-bond donors (Lipinski definition) is 2. The van der Waals surface area contributed by atoms with E-state index in [1.165, 1.54) is 35.8 Å². The molecule has 0 fully saturated rings. The first-order valence-electron chi connectivity index (χ1n) is 9.91. The van der Waals surface area contributed by atoms with Crippen molar-refractivity contribution in [3.63, 3.8) is 0 Å². The summed E-state index contributed by atoms with van der Waals surface area (Å²) in [6, 6.07) is 12.1. The van der Waals surface area contributed by atoms with Crippen molar-refractivity contribution >= 4 is 22.6 Å². The summed E-state index contributed by atoms with van der Waals surface area (Å²) in [7, 11) is 0. The number of primary amides is 1. The van der Waals surface area contributed by atoms with Crippen LogP contribution < -0.4 is 11.1 Å². The molecular formula is C23H19F4N5O. The van der Waals surface area contributed by atoms with E-state index in [1.54, 1.807) is 31.2 Å². The molecule has 2 heterocycles. The van der Waals surface area contributed by atoms with Gasteiger partial charge in [0.05, 0.1) is 5.52 Å². The molecule has 2 aromatic heterocycles. The first kappa shape index (κ1) is 22.3. The number of nitrogens with two attached hydrogens (primary N) is 1. The molecule has 0 bridgehead atoms. The Morgan fingerprint density at radius 3 is 2.48 bits per heavy atom. The smallest absolute Gasteiger partial charge is 0.366 e. The lowest BCUT2D eigenvalue weighted by molar-refractivity contribution is -0.141. The third-order valence-electron chi connectivity index (χ3n) is 5.25. The highest BCUT2D eigenvalue weighted by Crippen LogP contribution is 2.34. The van der Waals surface area contributed by atoms with Crippen LogP contribution in [0.25, 0.3) is 16.9 Å². The molecule has 0 aliphatic heterocycles. The Hall–Kier alpha value is -3.95. The molecule has 0 aliphatic carbocycles. The van der Waals surface area contributed by atoms with Crippen molar-refractivity contribution in [3.05, 3.63) is 82.4 Å². The minimum atomic E-state index is -4.73. The summed E-state index contributed by atoms with van der Waals surface area (Å²) in [6.07, 6.45) is -4.73. The fourth-order valence-electron chi connectivity index (χ4n) is 3.73. The first-order chi connectivity index (χ1) is 15.6. The van der Waals surface area contributed by atoms with E-state index in [9.17, 15) is 22.4 Å². The molecule has 0 spiro atoms. The number of carbonyl (C=O) groups is 1. The Morgan fingerprint density at radius 1 is 1.09 bits per heavy atom. The molecule has 1 amide bonds. The maximum absolute atomic E-state index is 13.8. The third-order valence-corrected chi connectivity index (χ3v) is 5.25. The van der Waals surface area contributed by atoms with E-state index in [1.807, 2.05) is 0 Å². The molecule has 170 valence electrons. The fraction of sp³-hybridized carbons (Fsp3) is 0.174. The van der Waals surface area contributed by atoms with Crippen LogP contribution in [0, 0.1) is 19.7 Å². The van der Waals surface area contributed by atoms with Crippen molar-refractivity contribution < 1.29 is 22.4 Å². The van der Waals surface area contributed by atoms with Gasteiger partial charge in [-0.2, -0.15) is 18.2 Å². The average Bonchev–Trinajstić information content (AvgIpc) is 3.08. The van der Waals surface area contributed by atoms with Crippen LogP contribution in [-0.2, 0) is 12.7 Å². The minimum absolute atomic E-state index is 0.0381. The summed E-state index contributed by atoms with van der Waals surface area (Å²) in [5, 5.41) is 3.34. The molecule has 3 N–H and O–H groups in total. The SMILES string of the molecule is Cc1c(NCc2cccc(F)c2)nc(-n2c(C)cc3c(C(N)=O)cccc32)nc1C(F)(F)F. The first-order valence-corrected chi connectivity index (χ1v) is 9.91. The molecular weight excluding hydrogens is 438 g/mol. The number of alkyl halides is 3. The zero-order valence-corrected chi connectivity index (χ0v) is 17.7. The molecule has 0 radical (unpaired) electrons. The fourth-order valence-corrected chi connectivity index (χ4v) is 3.73. The zero-order chi connectivity index (χ0) is 23.9. The topological polar surface area (TPSA) is 85.8 Å². The summed E-state index contributed by atoms with van der Waals surface area (Å²) in [5.74, 6) is -1.37. The van der Waals surface area contributed by atoms with Crippen LogP contribution in [0.3, 0.4) is 0 Å². The van der Waals surface area contributed by atoms with Gasteiger partial charge in [0.1, 0.15) is 11.6 Å². The Bertz CT molecular complexity index is 1380. The molecule has 0 saturated carbocycles. The van der Waals surface area contributed by atoms with Crippen molar-refractivity contribution in [1.82, 2.24) is 14.5 Å². The van der Waals surface area contributed by atoms with E-state index >= 15 is 0 Å². The Morgan fingerprint density at radius 2 is 1.82 bits per heavy atom. The Kier molecular flexibility index (Phi) is 5.52. The number of amides is 1. The highest BCUT2D eigenvalue weighted by molar-refractivity contribution is 6.06. The number of halogens is 4. The van der Waals surface area contributed by atoms with Crippen molar-refractivity contribution in [3.8, 4) is 5.95 Å². The number of fused-ring (bicyclic) bond motifs is 1. The molecule has 0 atom stereocenters. The molecule has 6 nitrogen and oxygen atoms in total. The highest BCUT2D eigenvalue weighted by Gasteiger charge is 2.37. The van der Waals surface area contributed by atoms with E-state index in [-0.39, 0.29) is 29.4 Å². The monoisotopic (exact) mass is 457 g/mol. The van der Waals surface area contributed by atoms with E-state index in [4.69, 9.17) is 5.73 Å². The lowest BCUT2D eigenvalue weighted by atomic mass is 10.1. The predicted octanol–water partition coefficient (Wildman–Crippen LogP) is 4.91. The van der Waals surface area contributed by atoms with Crippen molar-refractivity contribution in [2.75, 3.05) is 5.32 Å². The van der Waals surface area contributed by atoms with Gasteiger partial charge >= 0.3 is 6.18 Å². The number of nitrogens with one attached hydrogen (secondary N) is 1. The van der Waals surface area contributed by atoms with Crippen LogP contribution in [0.5, 0.6) is 0 Å². The quantitative estimate of drug-likeness (QED) is 0.417. The largest absolute Gasteiger partial charge is 0.433 e. The maximum Gasteiger partial charge on any atom is 0.433 e. The van der Waals surface area contributed by atoms with E-state index in [2.05, 4.69) is 15.3 Å². The molecule has 4 aromatic rings. The van der Waals surface area contributed by atoms with Crippen LogP contribution in [0.4, 0.5) is 23.4 Å². The van der Waals surface area contributed by atoms with Gasteiger partial charge in [0.15, 0.2) is 5.69 Å². The van der Waals surface area contributed by atoms with Gasteiger partial charge in [-0.1, -0.05) is 18.2 Å². The summed E-state index contributed by atoms with van der Waals surface area (Å²) < 4.78 is 56.4. The normalized spacial score (nSPS) is 11.7. The van der Waals surface area contributed by atoms with E-state index in [0.29, 0.717) is 22.2 Å². The van der Waals surface area contributed by atoms with Gasteiger partial charge in [-0.15, -0.1) is 0 Å². The number of aryl methyl sites for hydroxylation is 1. The highest BCUT2D eigenvalue weighted by atomic mass is 19.4. The minimum Gasteiger partial charge on any atom is -0.366 e. The van der Waals surface area contributed by atoms with Crippen molar-refractivity contribution in [1.29, 1.82) is 0 Å². The standard InChI is InChI=1S/C23H19F4N5O/c1-12-9-17-16(20(28)33)7-4-8-18(17)32(12)22-30-19(23(25,26)27)13(2)21(31-22)29-11-14-5-3-6-15(24)10-14/h3-10H,11H2,1-2H3,(H2,28,33)(H,29,30,31). The number of rotatable bonds is 5. The molecule has 2 aromatic carbocycles. The van der Waals surface area contributed by atoms with Crippen LogP contribution in [0.15, 0.2) is 48.5 Å². The number of aromatic nitrogens is 3. The second kappa shape index (κ2) is 8.19. The van der Waals surface area contributed by atoms with Gasteiger partial charge in [-0.25, -0.2) is 9.37 Å². The zero-order valence-electron chi connectivity index (χ0n) is 17.7. The number of hydrogen-bond acceptors (Lipinski definition) is 4. The number of nitrogens with zero attached hydrogens (tertiary/aromatic N) is 3. The van der Waals surface area contributed by atoms with E-state index < -0.39 is 23.6 Å². The lowest BCUT2D eigenvalue weighted by Gasteiger charge is -2.17. The molecule has 33 heavy (non-hydrogen) atoms. The average molecular weight is 457 g/mol. The Balaban J connectivity index is 1.87. The molecule has 0 unspecified atom stereocenters. The van der Waals surface area contributed by atoms with Gasteiger partial charge in [0, 0.05) is 28.8 Å². The van der Waals surface area contributed by atoms with Gasteiger partial charge in [0.2, 0.25) is 11.9 Å². The van der Waals surface area contributed by atoms with Crippen LogP contribution in [-0.4, -0.2) is 20.4 Å². The van der Waals surface area contributed by atoms with Crippen LogP contribution >= 0.6 is 0 Å². The third kappa shape index (κ3) is 4.23. The summed E-state index contributed by atoms with van der Waals surface area (Å²) in [6.45, 7) is 3.00. The van der Waals surface area contributed by atoms with Crippen LogP contribution in [0.2, 0.25) is 0 Å². The van der Waals surface area contributed by atoms with E-state index in [0.717, 1.165) is 0 Å². The lowest BCUT2D eigenvalue weighted by Crippen LogP contribution is -2.18. The van der Waals surface area contributed by atoms with Crippen LogP contribution in [0.1, 0.15) is 32.9 Å². The van der Waals surface area contributed by atoms with Gasteiger partial charge in [-0.3, -0.25) is 9.36 Å². The van der Waals surface area contributed by atoms with Gasteiger partial charge in [0.25, 0.3) is 0 Å². The summed E-state index contributed by atoms with van der Waals surface area (Å²) in [4.78, 5) is 20.0. The van der Waals surface area contributed by atoms with Gasteiger partial charge < -0.3 is 11.1 Å². The van der Waals surface area contributed by atoms with Crippen molar-refractivity contribution in [2.24, 2.45) is 5.73 Å². The molecule has 0 saturated heterocycles. The summed E-state index contributed by atoms with van der Waals surface area (Å²) in [5.41, 5.74) is 5.90. The second-order valence-electron chi connectivity index (χ2n) is 7.55. The molecule has 0 aliphatic rings. The summed E-state index contributed by atoms with van der Waals surface area (Å²) >= 11 is 0. The van der Waals surface area contributed by atoms with Gasteiger partial charge in [-0.05, 0) is 49.7 Å². The Labute approximate surface area is 186 Å².